The van der Waals surface area contributed by atoms with Gasteiger partial charge in [0.15, 0.2) is 0 Å². The molecule has 2 aromatic rings. The molecular formula is C19H22N2O. The van der Waals surface area contributed by atoms with Crippen molar-refractivity contribution in [3.63, 3.8) is 0 Å². The van der Waals surface area contributed by atoms with E-state index in [1.54, 1.807) is 0 Å². The zero-order valence-electron chi connectivity index (χ0n) is 12.9. The summed E-state index contributed by atoms with van der Waals surface area (Å²) in [5.41, 5.74) is 10.9. The Morgan fingerprint density at radius 3 is 2.73 bits per heavy atom. The first-order valence-corrected chi connectivity index (χ1v) is 7.83. The minimum atomic E-state index is -0.600. The van der Waals surface area contributed by atoms with Gasteiger partial charge in [0.25, 0.3) is 0 Å². The van der Waals surface area contributed by atoms with Crippen LogP contribution in [0.4, 0.5) is 0 Å². The second-order valence-electron chi connectivity index (χ2n) is 6.07. The van der Waals surface area contributed by atoms with Crippen LogP contribution in [0.15, 0.2) is 48.5 Å². The predicted octanol–water partition coefficient (Wildman–Crippen LogP) is 2.84. The Morgan fingerprint density at radius 2 is 1.95 bits per heavy atom. The van der Waals surface area contributed by atoms with Gasteiger partial charge in [0.1, 0.15) is 6.04 Å². The van der Waals surface area contributed by atoms with Crippen LogP contribution in [-0.4, -0.2) is 12.5 Å². The molecule has 0 fully saturated rings. The number of amides is 1. The maximum atomic E-state index is 12.3. The molecule has 2 aromatic carbocycles. The molecule has 3 nitrogen and oxygen atoms in total. The molecule has 22 heavy (non-hydrogen) atoms. The third kappa shape index (κ3) is 3.04. The maximum Gasteiger partial charge on any atom is 0.241 e. The number of benzene rings is 2. The number of rotatable bonds is 4. The van der Waals surface area contributed by atoms with Crippen LogP contribution in [0.5, 0.6) is 0 Å². The Labute approximate surface area is 131 Å². The van der Waals surface area contributed by atoms with Gasteiger partial charge in [-0.15, -0.1) is 0 Å². The fourth-order valence-corrected chi connectivity index (χ4v) is 3.12. The number of hydrogen-bond donors (Lipinski definition) is 2. The number of carbonyl (C=O) groups excluding carboxylic acids is 1. The summed E-state index contributed by atoms with van der Waals surface area (Å²) < 4.78 is 0. The average molecular weight is 294 g/mol. The van der Waals surface area contributed by atoms with Crippen molar-refractivity contribution in [3.05, 3.63) is 70.8 Å². The molecule has 0 saturated heterocycles. The van der Waals surface area contributed by atoms with Crippen LogP contribution in [-0.2, 0) is 11.2 Å². The SMILES string of the molecule is Cc1ccc(C(N)C(=O)NCC2CCc3ccccc32)cc1. The third-order valence-electron chi connectivity index (χ3n) is 4.50. The van der Waals surface area contributed by atoms with Gasteiger partial charge in [-0.25, -0.2) is 0 Å². The molecule has 0 saturated carbocycles. The highest BCUT2D eigenvalue weighted by Crippen LogP contribution is 2.32. The number of hydrogen-bond acceptors (Lipinski definition) is 2. The molecule has 0 heterocycles. The van der Waals surface area contributed by atoms with E-state index in [1.165, 1.54) is 16.7 Å². The third-order valence-corrected chi connectivity index (χ3v) is 4.50. The summed E-state index contributed by atoms with van der Waals surface area (Å²) >= 11 is 0. The molecule has 3 N–H and O–H groups in total. The summed E-state index contributed by atoms with van der Waals surface area (Å²) in [4.78, 5) is 12.3. The van der Waals surface area contributed by atoms with Crippen LogP contribution in [0.2, 0.25) is 0 Å². The monoisotopic (exact) mass is 294 g/mol. The first-order valence-electron chi connectivity index (χ1n) is 7.83. The van der Waals surface area contributed by atoms with Crippen molar-refractivity contribution in [1.82, 2.24) is 5.32 Å². The summed E-state index contributed by atoms with van der Waals surface area (Å²) in [6.45, 7) is 2.68. The molecule has 3 heteroatoms. The highest BCUT2D eigenvalue weighted by Gasteiger charge is 2.23. The predicted molar refractivity (Wildman–Crippen MR) is 88.6 cm³/mol. The second-order valence-corrected chi connectivity index (χ2v) is 6.07. The van der Waals surface area contributed by atoms with Crippen molar-refractivity contribution in [2.45, 2.75) is 31.7 Å². The topological polar surface area (TPSA) is 55.1 Å². The van der Waals surface area contributed by atoms with Crippen molar-refractivity contribution < 1.29 is 4.79 Å². The average Bonchev–Trinajstić information content (AvgIpc) is 2.96. The zero-order valence-corrected chi connectivity index (χ0v) is 12.9. The van der Waals surface area contributed by atoms with Crippen LogP contribution in [0.3, 0.4) is 0 Å². The van der Waals surface area contributed by atoms with Crippen molar-refractivity contribution in [3.8, 4) is 0 Å². The van der Waals surface area contributed by atoms with E-state index in [2.05, 4.69) is 29.6 Å². The fraction of sp³-hybridized carbons (Fsp3) is 0.316. The number of nitrogens with two attached hydrogens (primary N) is 1. The number of aryl methyl sites for hydroxylation is 2. The molecule has 114 valence electrons. The largest absolute Gasteiger partial charge is 0.354 e. The van der Waals surface area contributed by atoms with Gasteiger partial charge >= 0.3 is 0 Å². The molecule has 0 bridgehead atoms. The number of fused-ring (bicyclic) bond motifs is 1. The summed E-state index contributed by atoms with van der Waals surface area (Å²) in [5.74, 6) is 0.304. The lowest BCUT2D eigenvalue weighted by molar-refractivity contribution is -0.122. The Bertz CT molecular complexity index is 663. The van der Waals surface area contributed by atoms with E-state index >= 15 is 0 Å². The Balaban J connectivity index is 1.60. The van der Waals surface area contributed by atoms with Crippen molar-refractivity contribution >= 4 is 5.91 Å². The van der Waals surface area contributed by atoms with Crippen LogP contribution < -0.4 is 11.1 Å². The van der Waals surface area contributed by atoms with Gasteiger partial charge < -0.3 is 11.1 Å². The lowest BCUT2D eigenvalue weighted by Gasteiger charge is -2.16. The molecule has 1 aliphatic carbocycles. The van der Waals surface area contributed by atoms with Gasteiger partial charge in [-0.2, -0.15) is 0 Å². The lowest BCUT2D eigenvalue weighted by Crippen LogP contribution is -2.36. The summed E-state index contributed by atoms with van der Waals surface area (Å²) in [6, 6.07) is 15.7. The van der Waals surface area contributed by atoms with Crippen molar-refractivity contribution in [2.24, 2.45) is 5.73 Å². The van der Waals surface area contributed by atoms with E-state index in [1.807, 2.05) is 31.2 Å². The summed E-state index contributed by atoms with van der Waals surface area (Å²) in [7, 11) is 0. The van der Waals surface area contributed by atoms with Gasteiger partial charge in [-0.1, -0.05) is 54.1 Å². The molecule has 0 aliphatic heterocycles. The Hall–Kier alpha value is -2.13. The summed E-state index contributed by atoms with van der Waals surface area (Å²) in [5, 5.41) is 3.01. The highest BCUT2D eigenvalue weighted by atomic mass is 16.2. The van der Waals surface area contributed by atoms with Crippen LogP contribution in [0, 0.1) is 6.92 Å². The molecule has 1 amide bonds. The minimum absolute atomic E-state index is 0.103. The van der Waals surface area contributed by atoms with Crippen LogP contribution in [0.1, 0.15) is 40.6 Å². The molecule has 2 atom stereocenters. The van der Waals surface area contributed by atoms with Gasteiger partial charge in [-0.05, 0) is 36.5 Å². The Morgan fingerprint density at radius 1 is 1.23 bits per heavy atom. The number of nitrogens with one attached hydrogen (secondary N) is 1. The van der Waals surface area contributed by atoms with Gasteiger partial charge in [0, 0.05) is 12.5 Å². The fourth-order valence-electron chi connectivity index (χ4n) is 3.12. The first-order chi connectivity index (χ1) is 10.6. The van der Waals surface area contributed by atoms with E-state index in [0.717, 1.165) is 18.4 Å². The molecule has 3 rings (SSSR count). The van der Waals surface area contributed by atoms with E-state index in [9.17, 15) is 4.79 Å². The quantitative estimate of drug-likeness (QED) is 0.911. The molecule has 0 spiro atoms. The Kier molecular flexibility index (Phi) is 4.25. The first kappa shape index (κ1) is 14.8. The normalized spacial score (nSPS) is 17.8. The summed E-state index contributed by atoms with van der Waals surface area (Å²) in [6.07, 6.45) is 2.19. The number of carbonyl (C=O) groups is 1. The van der Waals surface area contributed by atoms with Gasteiger partial charge in [0.05, 0.1) is 0 Å². The van der Waals surface area contributed by atoms with Crippen molar-refractivity contribution in [1.29, 1.82) is 0 Å². The molecule has 1 aliphatic rings. The van der Waals surface area contributed by atoms with Gasteiger partial charge in [0.2, 0.25) is 5.91 Å². The molecule has 0 radical (unpaired) electrons. The van der Waals surface area contributed by atoms with E-state index < -0.39 is 6.04 Å². The van der Waals surface area contributed by atoms with E-state index in [4.69, 9.17) is 5.73 Å². The van der Waals surface area contributed by atoms with Crippen LogP contribution in [0.25, 0.3) is 0 Å². The molecule has 0 aromatic heterocycles. The van der Waals surface area contributed by atoms with E-state index in [0.29, 0.717) is 12.5 Å². The smallest absolute Gasteiger partial charge is 0.241 e. The molecule has 2 unspecified atom stereocenters. The van der Waals surface area contributed by atoms with E-state index in [-0.39, 0.29) is 5.91 Å². The minimum Gasteiger partial charge on any atom is -0.354 e. The standard InChI is InChI=1S/C19H22N2O/c1-13-6-8-15(9-7-13)18(20)19(22)21-12-16-11-10-14-4-2-3-5-17(14)16/h2-9,16,18H,10-12,20H2,1H3,(H,21,22). The highest BCUT2D eigenvalue weighted by molar-refractivity contribution is 5.83. The second kappa shape index (κ2) is 6.32. The maximum absolute atomic E-state index is 12.3. The lowest BCUT2D eigenvalue weighted by atomic mass is 10.0. The zero-order chi connectivity index (χ0) is 15.5. The molecular weight excluding hydrogens is 272 g/mol. The van der Waals surface area contributed by atoms with Crippen LogP contribution >= 0.6 is 0 Å². The van der Waals surface area contributed by atoms with Gasteiger partial charge in [-0.3, -0.25) is 4.79 Å². The van der Waals surface area contributed by atoms with Crippen molar-refractivity contribution in [2.75, 3.05) is 6.54 Å².